The molecule has 6 saturated heterocycles. The predicted molar refractivity (Wildman–Crippen MR) is 150 cm³/mol. The Bertz CT molecular complexity index is 415. The van der Waals surface area contributed by atoms with Gasteiger partial charge in [-0.05, 0) is 48.9 Å². The second-order valence-corrected chi connectivity index (χ2v) is 8.86. The molecule has 6 rings (SSSR count). The van der Waals surface area contributed by atoms with Gasteiger partial charge in [-0.1, -0.05) is 0 Å². The molecule has 0 spiro atoms. The van der Waals surface area contributed by atoms with Crippen molar-refractivity contribution < 1.29 is 0 Å². The lowest BCUT2D eigenvalue weighted by Crippen LogP contribution is -2.55. The minimum Gasteiger partial charge on any atom is -0.377 e. The first-order valence-corrected chi connectivity index (χ1v) is 11.6. The molecule has 0 aromatic rings. The van der Waals surface area contributed by atoms with Gasteiger partial charge in [0.1, 0.15) is 0 Å². The van der Waals surface area contributed by atoms with Crippen molar-refractivity contribution in [3.63, 3.8) is 0 Å². The second kappa shape index (κ2) is 20.2. The van der Waals surface area contributed by atoms with Crippen LogP contribution in [0.25, 0.3) is 0 Å². The Hall–Kier alpha value is -1.40. The molecule has 16 N–H and O–H groups in total. The highest BCUT2D eigenvalue weighted by molar-refractivity contribution is 7.80. The molecule has 0 aromatic carbocycles. The van der Waals surface area contributed by atoms with E-state index >= 15 is 0 Å². The van der Waals surface area contributed by atoms with Crippen LogP contribution in [0.2, 0.25) is 0 Å². The molecule has 0 aromatic heterocycles. The number of hydrogen-bond donors (Lipinski definition) is 8. The standard InChI is InChI=1S/2C6H12N2.4CH4N2S/c2*1-2-8-5-3-7(1)4-6-8;4*2-1(3)4/h2*1-6H2;4*(H4,2,3,4). The fourth-order valence-electron chi connectivity index (χ4n) is 3.04. The molecule has 0 aliphatic carbocycles. The number of nitrogens with two attached hydrogens (primary N) is 8. The van der Waals surface area contributed by atoms with Crippen LogP contribution in [0.1, 0.15) is 0 Å². The Labute approximate surface area is 212 Å². The third-order valence-electron chi connectivity index (χ3n) is 4.39. The van der Waals surface area contributed by atoms with Gasteiger partial charge in [-0.3, -0.25) is 19.6 Å². The topological polar surface area (TPSA) is 221 Å². The third-order valence-corrected chi connectivity index (χ3v) is 4.39. The average Bonchev–Trinajstić information content (AvgIpc) is 2.70. The normalized spacial score (nSPS) is 25.5. The molecule has 32 heavy (non-hydrogen) atoms. The average molecular weight is 529 g/mol. The lowest BCUT2D eigenvalue weighted by molar-refractivity contribution is 0.0647. The summed E-state index contributed by atoms with van der Waals surface area (Å²) >= 11 is 16.4. The summed E-state index contributed by atoms with van der Waals surface area (Å²) in [7, 11) is 0. The van der Waals surface area contributed by atoms with E-state index in [2.05, 4.69) is 114 Å². The smallest absolute Gasteiger partial charge is 0.160 e. The number of thiocarbonyl (C=S) groups is 4. The number of piperazine rings is 6. The molecule has 0 atom stereocenters. The van der Waals surface area contributed by atoms with Crippen molar-refractivity contribution in [3.8, 4) is 0 Å². The molecule has 4 bridgehead atoms. The number of hydrogen-bond acceptors (Lipinski definition) is 8. The molecule has 6 fully saturated rings. The van der Waals surface area contributed by atoms with Crippen LogP contribution < -0.4 is 45.9 Å². The number of fused-ring (bicyclic) bond motifs is 6. The first kappa shape index (κ1) is 32.8. The molecule has 6 aliphatic rings. The zero-order chi connectivity index (χ0) is 25.1. The van der Waals surface area contributed by atoms with Crippen LogP contribution >= 0.6 is 48.9 Å². The van der Waals surface area contributed by atoms with Crippen LogP contribution in [0.15, 0.2) is 0 Å². The van der Waals surface area contributed by atoms with Crippen LogP contribution in [0.3, 0.4) is 0 Å². The minimum absolute atomic E-state index is 0.000000000000000222. The fraction of sp³-hybridized carbons (Fsp3) is 0.750. The summed E-state index contributed by atoms with van der Waals surface area (Å²) in [6, 6.07) is 0. The van der Waals surface area contributed by atoms with Gasteiger partial charge in [-0.25, -0.2) is 0 Å². The summed E-state index contributed by atoms with van der Waals surface area (Å²) in [6.07, 6.45) is 0. The van der Waals surface area contributed by atoms with E-state index in [0.29, 0.717) is 0 Å². The molecule has 188 valence electrons. The van der Waals surface area contributed by atoms with E-state index in [4.69, 9.17) is 0 Å². The highest BCUT2D eigenvalue weighted by atomic mass is 32.1. The summed E-state index contributed by atoms with van der Waals surface area (Å²) in [4.78, 5) is 10.2. The second-order valence-electron chi connectivity index (χ2n) is 6.98. The third kappa shape index (κ3) is 26.6. The fourth-order valence-corrected chi connectivity index (χ4v) is 3.04. The van der Waals surface area contributed by atoms with Gasteiger partial charge < -0.3 is 45.9 Å². The number of nitrogens with zero attached hydrogens (tertiary/aromatic N) is 4. The predicted octanol–water partition coefficient (Wildman–Crippen LogP) is -4.01. The van der Waals surface area contributed by atoms with Gasteiger partial charge in [0, 0.05) is 78.5 Å². The van der Waals surface area contributed by atoms with E-state index in [-0.39, 0.29) is 20.4 Å². The lowest BCUT2D eigenvalue weighted by Gasteiger charge is -2.41. The first-order chi connectivity index (χ1) is 14.8. The molecule has 0 radical (unpaired) electrons. The van der Waals surface area contributed by atoms with Gasteiger partial charge >= 0.3 is 0 Å². The van der Waals surface area contributed by atoms with E-state index < -0.39 is 0 Å². The molecular formula is C16H40N12S4. The van der Waals surface area contributed by atoms with Gasteiger partial charge in [0.25, 0.3) is 0 Å². The number of rotatable bonds is 0. The minimum atomic E-state index is 0.000000000000000222. The van der Waals surface area contributed by atoms with Gasteiger partial charge in [0.2, 0.25) is 0 Å². The van der Waals surface area contributed by atoms with Crippen molar-refractivity contribution in [3.05, 3.63) is 0 Å². The largest absolute Gasteiger partial charge is 0.377 e. The Balaban J connectivity index is 0. The summed E-state index contributed by atoms with van der Waals surface area (Å²) in [6.45, 7) is 15.8. The summed E-state index contributed by atoms with van der Waals surface area (Å²) in [5, 5.41) is 0.000000000000000888. The van der Waals surface area contributed by atoms with Crippen molar-refractivity contribution >= 4 is 69.3 Å². The van der Waals surface area contributed by atoms with Crippen LogP contribution in [0, 0.1) is 0 Å². The maximum atomic E-state index is 4.62. The van der Waals surface area contributed by atoms with E-state index in [1.165, 1.54) is 78.5 Å². The molecule has 0 amide bonds. The maximum Gasteiger partial charge on any atom is 0.160 e. The van der Waals surface area contributed by atoms with E-state index in [1.54, 1.807) is 0 Å². The monoisotopic (exact) mass is 528 g/mol. The quantitative estimate of drug-likeness (QED) is 0.140. The summed E-state index contributed by atoms with van der Waals surface area (Å²) < 4.78 is 0. The van der Waals surface area contributed by atoms with Crippen molar-refractivity contribution in [2.75, 3.05) is 78.5 Å². The van der Waals surface area contributed by atoms with Gasteiger partial charge in [-0.15, -0.1) is 0 Å². The lowest BCUT2D eigenvalue weighted by atomic mass is 10.2. The van der Waals surface area contributed by atoms with Crippen molar-refractivity contribution in [2.24, 2.45) is 45.9 Å². The van der Waals surface area contributed by atoms with Crippen LogP contribution in [0.4, 0.5) is 0 Å². The summed E-state index contributed by atoms with van der Waals surface area (Å²) in [5.74, 6) is 0. The van der Waals surface area contributed by atoms with E-state index in [1.807, 2.05) is 0 Å². The maximum absolute atomic E-state index is 4.62. The molecule has 16 heteroatoms. The molecule has 0 unspecified atom stereocenters. The molecular weight excluding hydrogens is 489 g/mol. The SMILES string of the molecule is C1CN2CCN1CC2.C1CN2CCN1CC2.NC(N)=S.NC(N)=S.NC(N)=S.NC(N)=S. The molecule has 6 aliphatic heterocycles. The molecule has 12 nitrogen and oxygen atoms in total. The Morgan fingerprint density at radius 2 is 0.375 bits per heavy atom. The Morgan fingerprint density at radius 3 is 0.406 bits per heavy atom. The first-order valence-electron chi connectivity index (χ1n) is 9.92. The summed E-state index contributed by atoms with van der Waals surface area (Å²) in [5.41, 5.74) is 37.0. The van der Waals surface area contributed by atoms with Crippen LogP contribution in [-0.2, 0) is 0 Å². The van der Waals surface area contributed by atoms with Crippen molar-refractivity contribution in [1.82, 2.24) is 19.6 Å². The van der Waals surface area contributed by atoms with Crippen molar-refractivity contribution in [2.45, 2.75) is 0 Å². The zero-order valence-electron chi connectivity index (χ0n) is 18.5. The van der Waals surface area contributed by atoms with Crippen molar-refractivity contribution in [1.29, 1.82) is 0 Å². The highest BCUT2D eigenvalue weighted by Crippen LogP contribution is 2.07. The van der Waals surface area contributed by atoms with Gasteiger partial charge in [-0.2, -0.15) is 0 Å². The van der Waals surface area contributed by atoms with Gasteiger partial charge in [0.15, 0.2) is 20.4 Å². The molecule has 6 heterocycles. The zero-order valence-corrected chi connectivity index (χ0v) is 21.8. The van der Waals surface area contributed by atoms with E-state index in [9.17, 15) is 0 Å². The molecule has 0 saturated carbocycles. The Morgan fingerprint density at radius 1 is 0.312 bits per heavy atom. The highest BCUT2D eigenvalue weighted by Gasteiger charge is 2.22. The Kier molecular flexibility index (Phi) is 20.7. The van der Waals surface area contributed by atoms with Crippen LogP contribution in [-0.4, -0.2) is 119 Å². The van der Waals surface area contributed by atoms with Crippen LogP contribution in [0.5, 0.6) is 0 Å². The van der Waals surface area contributed by atoms with Gasteiger partial charge in [0.05, 0.1) is 0 Å². The van der Waals surface area contributed by atoms with E-state index in [0.717, 1.165) is 0 Å².